The molecule has 0 amide bonds. The number of furan rings is 1. The predicted octanol–water partition coefficient (Wildman–Crippen LogP) is 1.66. The lowest BCUT2D eigenvalue weighted by Gasteiger charge is -2.13. The van der Waals surface area contributed by atoms with Gasteiger partial charge in [0.05, 0.1) is 6.33 Å². The number of carboxylic acid groups (broad SMARTS) is 1. The maximum Gasteiger partial charge on any atom is 0.371 e. The number of carbonyl (C=O) groups is 1. The van der Waals surface area contributed by atoms with E-state index in [-0.39, 0.29) is 11.8 Å². The minimum absolute atomic E-state index is 0.0171. The van der Waals surface area contributed by atoms with Crippen molar-refractivity contribution in [3.8, 4) is 0 Å². The van der Waals surface area contributed by atoms with Gasteiger partial charge in [-0.3, -0.25) is 0 Å². The van der Waals surface area contributed by atoms with Crippen molar-refractivity contribution in [2.24, 2.45) is 0 Å². The van der Waals surface area contributed by atoms with Gasteiger partial charge in [0, 0.05) is 37.1 Å². The van der Waals surface area contributed by atoms with Gasteiger partial charge in [0.25, 0.3) is 0 Å². The van der Waals surface area contributed by atoms with Crippen LogP contribution < -0.4 is 5.32 Å². The second-order valence-corrected chi connectivity index (χ2v) is 4.54. The van der Waals surface area contributed by atoms with E-state index in [4.69, 9.17) is 9.52 Å². The highest BCUT2D eigenvalue weighted by atomic mass is 16.4. The molecule has 2 aromatic rings. The summed E-state index contributed by atoms with van der Waals surface area (Å²) in [5.74, 6) is -0.419. The van der Waals surface area contributed by atoms with Crippen LogP contribution >= 0.6 is 0 Å². The fraction of sp³-hybridized carbons (Fsp3) is 0.385. The molecule has 0 aliphatic heterocycles. The third-order valence-corrected chi connectivity index (χ3v) is 2.92. The zero-order valence-corrected chi connectivity index (χ0v) is 11.0. The Balaban J connectivity index is 1.89. The van der Waals surface area contributed by atoms with E-state index >= 15 is 0 Å². The van der Waals surface area contributed by atoms with Crippen LogP contribution in [0.25, 0.3) is 0 Å². The highest BCUT2D eigenvalue weighted by Gasteiger charge is 2.13. The van der Waals surface area contributed by atoms with E-state index in [1.807, 2.05) is 10.8 Å². The Labute approximate surface area is 111 Å². The maximum absolute atomic E-state index is 10.8. The summed E-state index contributed by atoms with van der Waals surface area (Å²) in [6.07, 6.45) is 5.42. The van der Waals surface area contributed by atoms with E-state index in [0.29, 0.717) is 12.3 Å². The maximum atomic E-state index is 10.8. The molecule has 19 heavy (non-hydrogen) atoms. The fourth-order valence-electron chi connectivity index (χ4n) is 1.86. The Kier molecular flexibility index (Phi) is 4.01. The molecule has 0 aliphatic carbocycles. The number of aromatic nitrogens is 2. The van der Waals surface area contributed by atoms with Crippen molar-refractivity contribution >= 4 is 5.97 Å². The van der Waals surface area contributed by atoms with E-state index in [0.717, 1.165) is 12.1 Å². The molecule has 2 aromatic heterocycles. The molecule has 102 valence electrons. The van der Waals surface area contributed by atoms with Gasteiger partial charge in [-0.2, -0.15) is 0 Å². The first-order valence-corrected chi connectivity index (χ1v) is 6.08. The number of rotatable bonds is 6. The third-order valence-electron chi connectivity index (χ3n) is 2.92. The molecule has 0 bridgehead atoms. The summed E-state index contributed by atoms with van der Waals surface area (Å²) >= 11 is 0. The molecule has 6 nitrogen and oxygen atoms in total. The first-order chi connectivity index (χ1) is 9.06. The molecule has 0 radical (unpaired) electrons. The molecule has 0 aliphatic rings. The number of aryl methyl sites for hydroxylation is 1. The second kappa shape index (κ2) is 5.71. The van der Waals surface area contributed by atoms with E-state index < -0.39 is 5.97 Å². The van der Waals surface area contributed by atoms with E-state index in [1.165, 1.54) is 0 Å². The number of nitrogens with zero attached hydrogens (tertiary/aromatic N) is 2. The summed E-state index contributed by atoms with van der Waals surface area (Å²) in [5, 5.41) is 12.2. The second-order valence-electron chi connectivity index (χ2n) is 4.54. The van der Waals surface area contributed by atoms with Crippen molar-refractivity contribution in [1.82, 2.24) is 14.9 Å². The lowest BCUT2D eigenvalue weighted by atomic mass is 10.2. The fourth-order valence-corrected chi connectivity index (χ4v) is 1.86. The molecule has 2 N–H and O–H groups in total. The van der Waals surface area contributed by atoms with Crippen LogP contribution in [0.1, 0.15) is 28.8 Å². The first kappa shape index (κ1) is 13.4. The number of carboxylic acids is 1. The Morgan fingerprint density at radius 1 is 1.63 bits per heavy atom. The molecule has 2 rings (SSSR count). The first-order valence-electron chi connectivity index (χ1n) is 6.08. The van der Waals surface area contributed by atoms with Crippen molar-refractivity contribution in [3.63, 3.8) is 0 Å². The van der Waals surface area contributed by atoms with Gasteiger partial charge in [0.1, 0.15) is 5.76 Å². The smallest absolute Gasteiger partial charge is 0.371 e. The summed E-state index contributed by atoms with van der Waals surface area (Å²) in [6, 6.07) is 1.81. The van der Waals surface area contributed by atoms with Gasteiger partial charge >= 0.3 is 5.97 Å². The zero-order valence-electron chi connectivity index (χ0n) is 11.0. The monoisotopic (exact) mass is 263 g/mol. The number of nitrogens with one attached hydrogen (secondary N) is 1. The van der Waals surface area contributed by atoms with Crippen LogP contribution in [0.2, 0.25) is 0 Å². The molecule has 0 aromatic carbocycles. The molecule has 6 heteroatoms. The van der Waals surface area contributed by atoms with Crippen LogP contribution in [0.3, 0.4) is 0 Å². The van der Waals surface area contributed by atoms with Gasteiger partial charge in [-0.05, 0) is 19.9 Å². The molecule has 0 fully saturated rings. The number of imidazole rings is 1. The highest BCUT2D eigenvalue weighted by molar-refractivity contribution is 5.84. The Hall–Kier alpha value is -2.08. The van der Waals surface area contributed by atoms with Crippen LogP contribution in [0.15, 0.2) is 29.2 Å². The van der Waals surface area contributed by atoms with E-state index in [2.05, 4.69) is 17.2 Å². The summed E-state index contributed by atoms with van der Waals surface area (Å²) in [4.78, 5) is 14.8. The third kappa shape index (κ3) is 3.45. The molecular weight excluding hydrogens is 246 g/mol. The number of hydrogen-bond donors (Lipinski definition) is 2. The topological polar surface area (TPSA) is 80.3 Å². The molecule has 0 saturated carbocycles. The van der Waals surface area contributed by atoms with Gasteiger partial charge < -0.3 is 19.4 Å². The van der Waals surface area contributed by atoms with Gasteiger partial charge in [-0.25, -0.2) is 9.78 Å². The van der Waals surface area contributed by atoms with E-state index in [9.17, 15) is 4.79 Å². The van der Waals surface area contributed by atoms with Crippen LogP contribution in [-0.2, 0) is 13.1 Å². The van der Waals surface area contributed by atoms with Crippen LogP contribution in [0, 0.1) is 6.92 Å². The van der Waals surface area contributed by atoms with Gasteiger partial charge in [-0.15, -0.1) is 0 Å². The SMILES string of the molecule is Cc1oc(C(=O)O)cc1CNC(C)Cn1ccnc1. The molecular formula is C13H17N3O3. The van der Waals surface area contributed by atoms with Crippen molar-refractivity contribution in [2.45, 2.75) is 33.0 Å². The van der Waals surface area contributed by atoms with Crippen molar-refractivity contribution in [2.75, 3.05) is 0 Å². The molecule has 0 spiro atoms. The summed E-state index contributed by atoms with van der Waals surface area (Å²) in [6.45, 7) is 5.22. The zero-order chi connectivity index (χ0) is 13.8. The summed E-state index contributed by atoms with van der Waals surface area (Å²) in [5.41, 5.74) is 0.870. The standard InChI is InChI=1S/C13H17N3O3/c1-9(7-16-4-3-14-8-16)15-6-11-5-12(13(17)18)19-10(11)2/h3-5,8-9,15H,6-7H2,1-2H3,(H,17,18). The molecule has 1 unspecified atom stereocenters. The minimum atomic E-state index is -1.04. The average molecular weight is 263 g/mol. The Morgan fingerprint density at radius 3 is 3.00 bits per heavy atom. The van der Waals surface area contributed by atoms with Crippen molar-refractivity contribution in [1.29, 1.82) is 0 Å². The summed E-state index contributed by atoms with van der Waals surface area (Å²) in [7, 11) is 0. The van der Waals surface area contributed by atoms with Crippen molar-refractivity contribution in [3.05, 3.63) is 41.9 Å². The quantitative estimate of drug-likeness (QED) is 0.828. The van der Waals surface area contributed by atoms with Gasteiger partial charge in [-0.1, -0.05) is 0 Å². The Bertz CT molecular complexity index is 545. The van der Waals surface area contributed by atoms with Crippen LogP contribution in [0.4, 0.5) is 0 Å². The number of hydrogen-bond acceptors (Lipinski definition) is 4. The summed E-state index contributed by atoms with van der Waals surface area (Å²) < 4.78 is 7.15. The lowest BCUT2D eigenvalue weighted by Crippen LogP contribution is -2.29. The predicted molar refractivity (Wildman–Crippen MR) is 68.9 cm³/mol. The van der Waals surface area contributed by atoms with E-state index in [1.54, 1.807) is 25.5 Å². The largest absolute Gasteiger partial charge is 0.475 e. The lowest BCUT2D eigenvalue weighted by molar-refractivity contribution is 0.0661. The van der Waals surface area contributed by atoms with Gasteiger partial charge in [0.15, 0.2) is 0 Å². The number of aromatic carboxylic acids is 1. The van der Waals surface area contributed by atoms with Crippen molar-refractivity contribution < 1.29 is 14.3 Å². The molecule has 0 saturated heterocycles. The molecule has 1 atom stereocenters. The highest BCUT2D eigenvalue weighted by Crippen LogP contribution is 2.14. The molecule has 2 heterocycles. The normalized spacial score (nSPS) is 12.5. The average Bonchev–Trinajstić information content (AvgIpc) is 2.96. The minimum Gasteiger partial charge on any atom is -0.475 e. The van der Waals surface area contributed by atoms with Crippen LogP contribution in [-0.4, -0.2) is 26.7 Å². The Morgan fingerprint density at radius 2 is 2.42 bits per heavy atom. The van der Waals surface area contributed by atoms with Crippen LogP contribution in [0.5, 0.6) is 0 Å². The van der Waals surface area contributed by atoms with Gasteiger partial charge in [0.2, 0.25) is 5.76 Å².